The maximum atomic E-state index is 6.00. The zero-order chi connectivity index (χ0) is 12.1. The first-order valence-electron chi connectivity index (χ1n) is 6.68. The van der Waals surface area contributed by atoms with E-state index in [1.165, 1.54) is 35.4 Å². The Kier molecular flexibility index (Phi) is 5.01. The second kappa shape index (κ2) is 6.53. The molecule has 0 bridgehead atoms. The molecule has 0 unspecified atom stereocenters. The third-order valence-electron chi connectivity index (χ3n) is 3.61. The maximum Gasteiger partial charge on any atom is 0.0813 e. The minimum Gasteiger partial charge on any atom is -0.373 e. The molecule has 96 valence electrons. The first-order chi connectivity index (χ1) is 8.31. The maximum absolute atomic E-state index is 6.00. The molecule has 1 fully saturated rings. The fourth-order valence-electron chi connectivity index (χ4n) is 2.41. The summed E-state index contributed by atoms with van der Waals surface area (Å²) in [6.45, 7) is 3.01. The van der Waals surface area contributed by atoms with Gasteiger partial charge < -0.3 is 10.1 Å². The highest BCUT2D eigenvalue weighted by Gasteiger charge is 2.20. The summed E-state index contributed by atoms with van der Waals surface area (Å²) in [5.74, 6) is 0. The van der Waals surface area contributed by atoms with E-state index < -0.39 is 0 Å². The molecule has 0 spiro atoms. The van der Waals surface area contributed by atoms with Crippen LogP contribution in [0.15, 0.2) is 12.1 Å². The molecule has 1 aliphatic carbocycles. The van der Waals surface area contributed by atoms with E-state index in [-0.39, 0.29) is 0 Å². The van der Waals surface area contributed by atoms with Crippen molar-refractivity contribution < 1.29 is 4.74 Å². The molecule has 2 rings (SSSR count). The van der Waals surface area contributed by atoms with Gasteiger partial charge in [-0.05, 0) is 51.3 Å². The van der Waals surface area contributed by atoms with Gasteiger partial charge >= 0.3 is 0 Å². The van der Waals surface area contributed by atoms with E-state index in [0.717, 1.165) is 13.0 Å². The Morgan fingerprint density at radius 2 is 1.94 bits per heavy atom. The molecule has 1 N–H and O–H groups in total. The van der Waals surface area contributed by atoms with Gasteiger partial charge in [0.25, 0.3) is 0 Å². The molecule has 0 amide bonds. The Morgan fingerprint density at radius 3 is 2.53 bits per heavy atom. The molecule has 0 aromatic carbocycles. The van der Waals surface area contributed by atoms with Crippen molar-refractivity contribution >= 4 is 11.3 Å². The molecule has 3 heteroatoms. The van der Waals surface area contributed by atoms with E-state index in [0.29, 0.717) is 12.1 Å². The Hall–Kier alpha value is -0.380. The summed E-state index contributed by atoms with van der Waals surface area (Å²) in [4.78, 5) is 2.83. The summed E-state index contributed by atoms with van der Waals surface area (Å²) >= 11 is 1.89. The molecule has 2 nitrogen and oxygen atoms in total. The zero-order valence-corrected chi connectivity index (χ0v) is 11.7. The molecule has 1 aromatic heterocycles. The van der Waals surface area contributed by atoms with Gasteiger partial charge in [-0.3, -0.25) is 0 Å². The van der Waals surface area contributed by atoms with Crippen molar-refractivity contribution in [1.82, 2.24) is 5.32 Å². The number of nitrogens with one attached hydrogen (secondary N) is 1. The van der Waals surface area contributed by atoms with Crippen LogP contribution >= 0.6 is 11.3 Å². The van der Waals surface area contributed by atoms with E-state index in [1.54, 1.807) is 0 Å². The Labute approximate surface area is 108 Å². The van der Waals surface area contributed by atoms with Crippen LogP contribution in [0.5, 0.6) is 0 Å². The number of hydrogen-bond donors (Lipinski definition) is 1. The molecule has 1 saturated carbocycles. The molecule has 1 heterocycles. The number of hydrogen-bond acceptors (Lipinski definition) is 3. The van der Waals surface area contributed by atoms with Gasteiger partial charge in [0.2, 0.25) is 0 Å². The molecular formula is C14H23NOS. The smallest absolute Gasteiger partial charge is 0.0813 e. The van der Waals surface area contributed by atoms with Crippen LogP contribution in [0.1, 0.15) is 42.4 Å². The van der Waals surface area contributed by atoms with Gasteiger partial charge in [0, 0.05) is 15.8 Å². The van der Waals surface area contributed by atoms with Crippen molar-refractivity contribution in [1.29, 1.82) is 0 Å². The molecule has 0 aliphatic heterocycles. The highest BCUT2D eigenvalue weighted by Crippen LogP contribution is 2.24. The first-order valence-corrected chi connectivity index (χ1v) is 7.50. The fourth-order valence-corrected chi connectivity index (χ4v) is 3.29. The van der Waals surface area contributed by atoms with Gasteiger partial charge in [-0.15, -0.1) is 11.3 Å². The minimum absolute atomic E-state index is 0.478. The third-order valence-corrected chi connectivity index (χ3v) is 4.81. The van der Waals surface area contributed by atoms with Crippen molar-refractivity contribution in [2.24, 2.45) is 0 Å². The van der Waals surface area contributed by atoms with Crippen LogP contribution < -0.4 is 5.32 Å². The molecule has 1 aliphatic rings. The van der Waals surface area contributed by atoms with Crippen molar-refractivity contribution in [3.63, 3.8) is 0 Å². The van der Waals surface area contributed by atoms with Crippen LogP contribution in [-0.4, -0.2) is 19.2 Å². The summed E-state index contributed by atoms with van der Waals surface area (Å²) in [5.41, 5.74) is 0. The van der Waals surface area contributed by atoms with Gasteiger partial charge in [0.05, 0.1) is 12.7 Å². The van der Waals surface area contributed by atoms with Crippen LogP contribution in [0.3, 0.4) is 0 Å². The highest BCUT2D eigenvalue weighted by molar-refractivity contribution is 7.11. The van der Waals surface area contributed by atoms with Crippen molar-refractivity contribution in [3.05, 3.63) is 21.9 Å². The second-order valence-corrected chi connectivity index (χ2v) is 6.05. The fraction of sp³-hybridized carbons (Fsp3) is 0.714. The van der Waals surface area contributed by atoms with Crippen molar-refractivity contribution in [2.45, 2.75) is 57.8 Å². The standard InChI is InChI=1S/C14H23NOS/c1-3-13-8-9-14(17-13)10-16-12-6-4-11(15-2)5-7-12/h8-9,11-12,15H,3-7,10H2,1-2H3. The highest BCUT2D eigenvalue weighted by atomic mass is 32.1. The van der Waals surface area contributed by atoms with Crippen LogP contribution in [0.25, 0.3) is 0 Å². The predicted octanol–water partition coefficient (Wildman–Crippen LogP) is 3.36. The van der Waals surface area contributed by atoms with Crippen LogP contribution in [-0.2, 0) is 17.8 Å². The van der Waals surface area contributed by atoms with Crippen LogP contribution in [0, 0.1) is 0 Å². The van der Waals surface area contributed by atoms with E-state index in [2.05, 4.69) is 31.4 Å². The molecular weight excluding hydrogens is 230 g/mol. The number of rotatable bonds is 5. The van der Waals surface area contributed by atoms with E-state index in [4.69, 9.17) is 4.74 Å². The number of aryl methyl sites for hydroxylation is 1. The number of ether oxygens (including phenoxy) is 1. The van der Waals surface area contributed by atoms with Gasteiger partial charge in [-0.2, -0.15) is 0 Å². The second-order valence-electron chi connectivity index (χ2n) is 4.79. The lowest BCUT2D eigenvalue weighted by Gasteiger charge is -2.28. The summed E-state index contributed by atoms with van der Waals surface area (Å²) in [6, 6.07) is 5.15. The molecule has 17 heavy (non-hydrogen) atoms. The van der Waals surface area contributed by atoms with Crippen molar-refractivity contribution in [2.75, 3.05) is 7.05 Å². The molecule has 0 atom stereocenters. The van der Waals surface area contributed by atoms with Gasteiger partial charge in [-0.1, -0.05) is 6.92 Å². The molecule has 0 radical (unpaired) electrons. The zero-order valence-electron chi connectivity index (χ0n) is 10.9. The van der Waals surface area contributed by atoms with Crippen LogP contribution in [0.4, 0.5) is 0 Å². The number of thiophene rings is 1. The normalized spacial score (nSPS) is 25.1. The molecule has 0 saturated heterocycles. The summed E-state index contributed by atoms with van der Waals surface area (Å²) < 4.78 is 6.00. The predicted molar refractivity (Wildman–Crippen MR) is 73.6 cm³/mol. The van der Waals surface area contributed by atoms with Crippen LogP contribution in [0.2, 0.25) is 0 Å². The van der Waals surface area contributed by atoms with E-state index >= 15 is 0 Å². The quantitative estimate of drug-likeness (QED) is 0.869. The van der Waals surface area contributed by atoms with Gasteiger partial charge in [0.1, 0.15) is 0 Å². The largest absolute Gasteiger partial charge is 0.373 e. The Balaban J connectivity index is 1.72. The third kappa shape index (κ3) is 3.80. The topological polar surface area (TPSA) is 21.3 Å². The summed E-state index contributed by atoms with van der Waals surface area (Å²) in [6.07, 6.45) is 6.54. The lowest BCUT2D eigenvalue weighted by Crippen LogP contribution is -2.32. The van der Waals surface area contributed by atoms with E-state index in [1.807, 2.05) is 11.3 Å². The van der Waals surface area contributed by atoms with Gasteiger partial charge in [0.15, 0.2) is 0 Å². The lowest BCUT2D eigenvalue weighted by atomic mass is 9.93. The Bertz CT molecular complexity index is 329. The van der Waals surface area contributed by atoms with Gasteiger partial charge in [-0.25, -0.2) is 0 Å². The lowest BCUT2D eigenvalue weighted by molar-refractivity contribution is 0.0131. The first kappa shape index (κ1) is 13.1. The molecule has 1 aromatic rings. The summed E-state index contributed by atoms with van der Waals surface area (Å²) in [5, 5.41) is 3.36. The minimum atomic E-state index is 0.478. The Morgan fingerprint density at radius 1 is 1.24 bits per heavy atom. The average molecular weight is 253 g/mol. The monoisotopic (exact) mass is 253 g/mol. The SMILES string of the molecule is CCc1ccc(COC2CCC(NC)CC2)s1. The van der Waals surface area contributed by atoms with E-state index in [9.17, 15) is 0 Å². The van der Waals surface area contributed by atoms with Crippen molar-refractivity contribution in [3.8, 4) is 0 Å². The average Bonchev–Trinajstić information content (AvgIpc) is 2.85. The summed E-state index contributed by atoms with van der Waals surface area (Å²) in [7, 11) is 2.06.